The molecular formula is C15H21NO3. The van der Waals surface area contributed by atoms with Gasteiger partial charge in [0.1, 0.15) is 0 Å². The van der Waals surface area contributed by atoms with Crippen molar-refractivity contribution >= 4 is 11.8 Å². The number of nitrogens with one attached hydrogen (secondary N) is 1. The summed E-state index contributed by atoms with van der Waals surface area (Å²) in [6.07, 6.45) is -0.218. The zero-order chi connectivity index (χ0) is 14.6. The van der Waals surface area contributed by atoms with Crippen LogP contribution in [0.15, 0.2) is 24.3 Å². The minimum Gasteiger partial charge on any atom is -0.481 e. The van der Waals surface area contributed by atoms with E-state index in [1.54, 1.807) is 12.1 Å². The number of hydrogen-bond acceptors (Lipinski definition) is 3. The third-order valence-corrected chi connectivity index (χ3v) is 2.64. The summed E-state index contributed by atoms with van der Waals surface area (Å²) in [6.45, 7) is 7.66. The van der Waals surface area contributed by atoms with Gasteiger partial charge in [-0.15, -0.1) is 0 Å². The lowest BCUT2D eigenvalue weighted by Gasteiger charge is -2.26. The van der Waals surface area contributed by atoms with Gasteiger partial charge in [0, 0.05) is 11.1 Å². The standard InChI is InChI=1S/C15H21NO3/c1-10-5-7-11(8-6-10)14(19)12(9-13(17)18)16-15(2,3)4/h5-8,12,16H,9H2,1-4H3,(H,17,18). The molecule has 1 unspecified atom stereocenters. The van der Waals surface area contributed by atoms with Crippen molar-refractivity contribution in [1.29, 1.82) is 0 Å². The molecular weight excluding hydrogens is 242 g/mol. The van der Waals surface area contributed by atoms with Crippen molar-refractivity contribution in [1.82, 2.24) is 5.32 Å². The molecule has 4 heteroatoms. The Labute approximate surface area is 113 Å². The van der Waals surface area contributed by atoms with Crippen molar-refractivity contribution in [2.45, 2.75) is 45.7 Å². The van der Waals surface area contributed by atoms with Crippen LogP contribution in [0.3, 0.4) is 0 Å². The molecule has 104 valence electrons. The molecule has 0 bridgehead atoms. The van der Waals surface area contributed by atoms with Crippen molar-refractivity contribution in [3.05, 3.63) is 35.4 Å². The highest BCUT2D eigenvalue weighted by Gasteiger charge is 2.26. The van der Waals surface area contributed by atoms with Gasteiger partial charge in [-0.2, -0.15) is 0 Å². The van der Waals surface area contributed by atoms with Gasteiger partial charge in [-0.1, -0.05) is 29.8 Å². The Morgan fingerprint density at radius 2 is 1.74 bits per heavy atom. The second-order valence-electron chi connectivity index (χ2n) is 5.78. The molecule has 0 aliphatic rings. The van der Waals surface area contributed by atoms with Crippen LogP contribution in [-0.2, 0) is 4.79 Å². The van der Waals surface area contributed by atoms with Gasteiger partial charge in [0.25, 0.3) is 0 Å². The molecule has 1 rings (SSSR count). The zero-order valence-electron chi connectivity index (χ0n) is 11.9. The minimum atomic E-state index is -0.984. The van der Waals surface area contributed by atoms with Gasteiger partial charge >= 0.3 is 5.97 Å². The lowest BCUT2D eigenvalue weighted by atomic mass is 9.97. The van der Waals surface area contributed by atoms with Gasteiger partial charge in [-0.25, -0.2) is 0 Å². The minimum absolute atomic E-state index is 0.183. The van der Waals surface area contributed by atoms with Crippen LogP contribution in [0.4, 0.5) is 0 Å². The quantitative estimate of drug-likeness (QED) is 0.801. The molecule has 1 atom stereocenters. The van der Waals surface area contributed by atoms with Crippen molar-refractivity contribution in [2.24, 2.45) is 0 Å². The van der Waals surface area contributed by atoms with E-state index in [2.05, 4.69) is 5.32 Å². The molecule has 0 saturated heterocycles. The van der Waals surface area contributed by atoms with E-state index in [0.29, 0.717) is 5.56 Å². The van der Waals surface area contributed by atoms with Crippen LogP contribution in [0.5, 0.6) is 0 Å². The average Bonchev–Trinajstić information content (AvgIpc) is 2.25. The lowest BCUT2D eigenvalue weighted by Crippen LogP contribution is -2.48. The van der Waals surface area contributed by atoms with E-state index in [9.17, 15) is 9.59 Å². The highest BCUT2D eigenvalue weighted by Crippen LogP contribution is 2.12. The molecule has 0 spiro atoms. The largest absolute Gasteiger partial charge is 0.481 e. The monoisotopic (exact) mass is 263 g/mol. The molecule has 0 radical (unpaired) electrons. The predicted octanol–water partition coefficient (Wildman–Crippen LogP) is 2.41. The maximum atomic E-state index is 12.3. The molecule has 0 heterocycles. The number of carboxylic acids is 1. The number of benzene rings is 1. The van der Waals surface area contributed by atoms with Crippen LogP contribution in [0.1, 0.15) is 43.1 Å². The van der Waals surface area contributed by atoms with Crippen LogP contribution < -0.4 is 5.32 Å². The molecule has 0 aliphatic heterocycles. The summed E-state index contributed by atoms with van der Waals surface area (Å²) in [6, 6.07) is 6.46. The van der Waals surface area contributed by atoms with E-state index in [-0.39, 0.29) is 17.7 Å². The maximum absolute atomic E-state index is 12.3. The number of aliphatic carboxylic acids is 1. The Morgan fingerprint density at radius 3 is 2.16 bits per heavy atom. The van der Waals surface area contributed by atoms with Crippen molar-refractivity contribution in [2.75, 3.05) is 0 Å². The van der Waals surface area contributed by atoms with Crippen LogP contribution in [0.2, 0.25) is 0 Å². The van der Waals surface area contributed by atoms with Gasteiger partial charge in [-0.05, 0) is 27.7 Å². The summed E-state index contributed by atoms with van der Waals surface area (Å²) < 4.78 is 0. The molecule has 0 aliphatic carbocycles. The summed E-state index contributed by atoms with van der Waals surface area (Å²) in [7, 11) is 0. The smallest absolute Gasteiger partial charge is 0.305 e. The van der Waals surface area contributed by atoms with Crippen LogP contribution in [0.25, 0.3) is 0 Å². The number of Topliss-reactive ketones (excluding diaryl/α,β-unsaturated/α-hetero) is 1. The van der Waals surface area contributed by atoms with E-state index in [4.69, 9.17) is 5.11 Å². The Morgan fingerprint density at radius 1 is 1.21 bits per heavy atom. The third-order valence-electron chi connectivity index (χ3n) is 2.64. The summed E-state index contributed by atoms with van der Waals surface area (Å²) >= 11 is 0. The van der Waals surface area contributed by atoms with Gasteiger partial charge in [0.15, 0.2) is 5.78 Å². The summed E-state index contributed by atoms with van der Waals surface area (Å²) in [5.41, 5.74) is 1.28. The molecule has 1 aromatic rings. The fourth-order valence-electron chi connectivity index (χ4n) is 1.83. The van der Waals surface area contributed by atoms with Gasteiger partial charge in [-0.3, -0.25) is 9.59 Å². The summed E-state index contributed by atoms with van der Waals surface area (Å²) in [5, 5.41) is 12.0. The van der Waals surface area contributed by atoms with Gasteiger partial charge in [0.05, 0.1) is 12.5 Å². The fourth-order valence-corrected chi connectivity index (χ4v) is 1.83. The SMILES string of the molecule is Cc1ccc(C(=O)C(CC(=O)O)NC(C)(C)C)cc1. The number of rotatable bonds is 5. The number of carboxylic acid groups (broad SMARTS) is 1. The zero-order valence-corrected chi connectivity index (χ0v) is 11.9. The Hall–Kier alpha value is -1.68. The van der Waals surface area contributed by atoms with E-state index in [1.165, 1.54) is 0 Å². The lowest BCUT2D eigenvalue weighted by molar-refractivity contribution is -0.137. The Kier molecular flexibility index (Phi) is 4.84. The first-order valence-corrected chi connectivity index (χ1v) is 6.29. The Balaban J connectivity index is 2.93. The fraction of sp³-hybridized carbons (Fsp3) is 0.467. The number of hydrogen-bond donors (Lipinski definition) is 2. The van der Waals surface area contributed by atoms with Gasteiger partial charge in [0.2, 0.25) is 0 Å². The number of carbonyl (C=O) groups is 2. The highest BCUT2D eigenvalue weighted by atomic mass is 16.4. The average molecular weight is 263 g/mol. The first-order valence-electron chi connectivity index (χ1n) is 6.29. The third kappa shape index (κ3) is 5.22. The van der Waals surface area contributed by atoms with Gasteiger partial charge < -0.3 is 10.4 Å². The normalized spacial score (nSPS) is 13.1. The molecule has 2 N–H and O–H groups in total. The van der Waals surface area contributed by atoms with Crippen LogP contribution in [0, 0.1) is 6.92 Å². The molecule has 0 saturated carbocycles. The maximum Gasteiger partial charge on any atom is 0.305 e. The Bertz CT molecular complexity index is 457. The highest BCUT2D eigenvalue weighted by molar-refractivity contribution is 6.01. The molecule has 19 heavy (non-hydrogen) atoms. The number of aryl methyl sites for hydroxylation is 1. The first-order chi connectivity index (χ1) is 8.69. The topological polar surface area (TPSA) is 66.4 Å². The molecule has 4 nitrogen and oxygen atoms in total. The second-order valence-corrected chi connectivity index (χ2v) is 5.78. The van der Waals surface area contributed by atoms with E-state index < -0.39 is 12.0 Å². The summed E-state index contributed by atoms with van der Waals surface area (Å²) in [5.74, 6) is -1.17. The molecule has 0 aromatic heterocycles. The molecule has 0 amide bonds. The summed E-state index contributed by atoms with van der Waals surface area (Å²) in [4.78, 5) is 23.2. The van der Waals surface area contributed by atoms with E-state index >= 15 is 0 Å². The first kappa shape index (κ1) is 15.4. The van der Waals surface area contributed by atoms with Crippen molar-refractivity contribution in [3.63, 3.8) is 0 Å². The van der Waals surface area contributed by atoms with Crippen molar-refractivity contribution < 1.29 is 14.7 Å². The molecule has 1 aromatic carbocycles. The van der Waals surface area contributed by atoms with E-state index in [1.807, 2.05) is 39.8 Å². The van der Waals surface area contributed by atoms with E-state index in [0.717, 1.165) is 5.56 Å². The second kappa shape index (κ2) is 5.97. The van der Waals surface area contributed by atoms with Crippen LogP contribution >= 0.6 is 0 Å². The van der Waals surface area contributed by atoms with Crippen molar-refractivity contribution in [3.8, 4) is 0 Å². The number of ketones is 1. The number of carbonyl (C=O) groups excluding carboxylic acids is 1. The van der Waals surface area contributed by atoms with Crippen LogP contribution in [-0.4, -0.2) is 28.4 Å². The molecule has 0 fully saturated rings. The predicted molar refractivity (Wildman–Crippen MR) is 74.4 cm³/mol.